The topological polar surface area (TPSA) is 100 Å². The molecule has 0 aliphatic carbocycles. The third-order valence-corrected chi connectivity index (χ3v) is 6.68. The van der Waals surface area contributed by atoms with Crippen LogP contribution in [0.4, 0.5) is 11.4 Å². The quantitative estimate of drug-likeness (QED) is 0.161. The Kier molecular flexibility index (Phi) is 7.47. The van der Waals surface area contributed by atoms with Crippen LogP contribution in [-0.4, -0.2) is 22.8 Å². The van der Waals surface area contributed by atoms with Gasteiger partial charge in [-0.15, -0.1) is 0 Å². The highest BCUT2D eigenvalue weighted by atomic mass is 35.5. The Morgan fingerprint density at radius 2 is 1.72 bits per heavy atom. The molecule has 1 aliphatic rings. The van der Waals surface area contributed by atoms with Crippen molar-refractivity contribution in [1.29, 1.82) is 0 Å². The Morgan fingerprint density at radius 3 is 2.41 bits per heavy atom. The van der Waals surface area contributed by atoms with Gasteiger partial charge in [0, 0.05) is 17.5 Å². The number of aryl methyl sites for hydroxylation is 1. The van der Waals surface area contributed by atoms with Crippen LogP contribution in [0.5, 0.6) is 0 Å². The van der Waals surface area contributed by atoms with E-state index in [4.69, 9.17) is 16.7 Å². The molecule has 0 unspecified atom stereocenters. The average molecular weight is 538 g/mol. The number of carbonyl (C=O) groups is 1. The van der Waals surface area contributed by atoms with E-state index in [1.807, 2.05) is 53.5 Å². The number of amides is 1. The van der Waals surface area contributed by atoms with Gasteiger partial charge in [-0.3, -0.25) is 19.9 Å². The molecule has 1 atom stereocenters. The maximum Gasteiger partial charge on any atom is 0.282 e. The first kappa shape index (κ1) is 25.8. The predicted molar refractivity (Wildman–Crippen MR) is 154 cm³/mol. The Hall–Kier alpha value is -4.82. The average Bonchev–Trinajstić information content (AvgIpc) is 3.39. The van der Waals surface area contributed by atoms with Crippen molar-refractivity contribution in [2.75, 3.05) is 5.01 Å². The van der Waals surface area contributed by atoms with E-state index < -0.39 is 10.8 Å². The van der Waals surface area contributed by atoms with Gasteiger partial charge in [0.2, 0.25) is 0 Å². The number of rotatable bonds is 7. The highest BCUT2D eigenvalue weighted by Crippen LogP contribution is 2.37. The van der Waals surface area contributed by atoms with Crippen LogP contribution in [0.15, 0.2) is 107 Å². The van der Waals surface area contributed by atoms with Crippen molar-refractivity contribution in [1.82, 2.24) is 5.43 Å². The molecule has 0 bridgehead atoms. The maximum atomic E-state index is 12.4. The molecule has 0 radical (unpaired) electrons. The Bertz CT molecular complexity index is 1570. The lowest BCUT2D eigenvalue weighted by atomic mass is 9.98. The third-order valence-electron chi connectivity index (χ3n) is 6.43. The molecule has 0 spiro atoms. The summed E-state index contributed by atoms with van der Waals surface area (Å²) in [5.74, 6) is -0.656. The first-order valence-electron chi connectivity index (χ1n) is 12.2. The summed E-state index contributed by atoms with van der Waals surface area (Å²) in [6.45, 7) is 2.06. The number of nitrogens with zero attached hydrogens (tertiary/aromatic N) is 4. The van der Waals surface area contributed by atoms with Gasteiger partial charge in [-0.1, -0.05) is 77.8 Å². The monoisotopic (exact) mass is 537 g/mol. The van der Waals surface area contributed by atoms with Crippen LogP contribution in [0.25, 0.3) is 0 Å². The molecule has 1 N–H and O–H groups in total. The van der Waals surface area contributed by atoms with Crippen LogP contribution in [0.2, 0.25) is 5.02 Å². The van der Waals surface area contributed by atoms with E-state index in [0.29, 0.717) is 5.02 Å². The molecule has 1 aliphatic heterocycles. The number of hydrogen-bond acceptors (Lipinski definition) is 6. The van der Waals surface area contributed by atoms with Gasteiger partial charge in [0.05, 0.1) is 28.6 Å². The normalized spacial score (nSPS) is 14.9. The van der Waals surface area contributed by atoms with Gasteiger partial charge in [0.15, 0.2) is 0 Å². The van der Waals surface area contributed by atoms with E-state index in [1.54, 1.807) is 6.07 Å². The molecule has 4 aromatic rings. The van der Waals surface area contributed by atoms with E-state index in [2.05, 4.69) is 41.7 Å². The molecule has 9 heteroatoms. The van der Waals surface area contributed by atoms with Gasteiger partial charge in [-0.2, -0.15) is 10.2 Å². The Balaban J connectivity index is 1.35. The Morgan fingerprint density at radius 1 is 1.03 bits per heavy atom. The summed E-state index contributed by atoms with van der Waals surface area (Å²) in [5, 5.41) is 22.8. The fourth-order valence-electron chi connectivity index (χ4n) is 4.38. The van der Waals surface area contributed by atoms with Crippen LogP contribution in [0.3, 0.4) is 0 Å². The van der Waals surface area contributed by atoms with Crippen LogP contribution in [0.1, 0.15) is 45.1 Å². The number of nitro benzene ring substituents is 1. The summed E-state index contributed by atoms with van der Waals surface area (Å²) in [4.78, 5) is 23.0. The van der Waals surface area contributed by atoms with Crippen LogP contribution < -0.4 is 10.4 Å². The van der Waals surface area contributed by atoms with E-state index >= 15 is 0 Å². The Labute approximate surface area is 230 Å². The molecule has 39 heavy (non-hydrogen) atoms. The summed E-state index contributed by atoms with van der Waals surface area (Å²) in [6, 6.07) is 29.5. The van der Waals surface area contributed by atoms with Crippen LogP contribution in [0, 0.1) is 17.0 Å². The van der Waals surface area contributed by atoms with E-state index in [-0.39, 0.29) is 17.3 Å². The number of para-hydroxylation sites is 1. The zero-order chi connectivity index (χ0) is 27.4. The number of hydrogen-bond donors (Lipinski definition) is 1. The standard InChI is InChI=1S/C30H24ClN5O3/c1-20-6-10-22(11-7-20)27-18-29(23-12-14-24(31)15-13-23)35(34-27)25-16-8-21(9-17-25)19-32-33-30(37)26-4-2-3-5-28(26)36(38)39/h2-17,19,29H,18H2,1H3,(H,33,37)/b32-19+/t29-/m1/s1. The summed E-state index contributed by atoms with van der Waals surface area (Å²) in [6.07, 6.45) is 2.23. The first-order chi connectivity index (χ1) is 18.9. The number of nitro groups is 1. The zero-order valence-electron chi connectivity index (χ0n) is 21.0. The van der Waals surface area contributed by atoms with Gasteiger partial charge in [-0.25, -0.2) is 5.43 Å². The van der Waals surface area contributed by atoms with Crippen molar-refractivity contribution in [3.05, 3.63) is 140 Å². The number of anilines is 1. The highest BCUT2D eigenvalue weighted by Gasteiger charge is 2.30. The SMILES string of the molecule is Cc1ccc(C2=NN(c3ccc(/C=N/NC(=O)c4ccccc4[N+](=O)[O-])cc3)[C@@H](c3ccc(Cl)cc3)C2)cc1. The van der Waals surface area contributed by atoms with Crippen molar-refractivity contribution in [3.63, 3.8) is 0 Å². The van der Waals surface area contributed by atoms with Gasteiger partial charge in [0.1, 0.15) is 5.56 Å². The van der Waals surface area contributed by atoms with Gasteiger partial charge < -0.3 is 0 Å². The molecular formula is C30H24ClN5O3. The lowest BCUT2D eigenvalue weighted by molar-refractivity contribution is -0.385. The second-order valence-electron chi connectivity index (χ2n) is 9.09. The smallest absolute Gasteiger partial charge is 0.267 e. The van der Waals surface area contributed by atoms with Crippen LogP contribution >= 0.6 is 11.6 Å². The number of carbonyl (C=O) groups excluding carboxylic acids is 1. The summed E-state index contributed by atoms with van der Waals surface area (Å²) in [5.41, 5.74) is 8.05. The molecule has 5 rings (SSSR count). The molecule has 0 saturated heterocycles. The molecule has 194 valence electrons. The number of benzene rings is 4. The maximum absolute atomic E-state index is 12.4. The molecule has 8 nitrogen and oxygen atoms in total. The van der Waals surface area contributed by atoms with Crippen molar-refractivity contribution in [2.45, 2.75) is 19.4 Å². The summed E-state index contributed by atoms with van der Waals surface area (Å²) >= 11 is 6.14. The number of nitrogens with one attached hydrogen (secondary N) is 1. The third kappa shape index (κ3) is 5.86. The minimum absolute atomic E-state index is 0.000891. The second kappa shape index (κ2) is 11.3. The zero-order valence-corrected chi connectivity index (χ0v) is 21.7. The van der Waals surface area contributed by atoms with E-state index in [1.165, 1.54) is 30.0 Å². The summed E-state index contributed by atoms with van der Waals surface area (Å²) < 4.78 is 0. The van der Waals surface area contributed by atoms with Gasteiger partial charge >= 0.3 is 0 Å². The van der Waals surface area contributed by atoms with Crippen molar-refractivity contribution in [2.24, 2.45) is 10.2 Å². The van der Waals surface area contributed by atoms with E-state index in [0.717, 1.165) is 34.5 Å². The highest BCUT2D eigenvalue weighted by molar-refractivity contribution is 6.30. The predicted octanol–water partition coefficient (Wildman–Crippen LogP) is 6.68. The minimum Gasteiger partial charge on any atom is -0.267 e. The fourth-order valence-corrected chi connectivity index (χ4v) is 4.50. The fraction of sp³-hybridized carbons (Fsp3) is 0.100. The molecule has 1 amide bonds. The lowest BCUT2D eigenvalue weighted by Gasteiger charge is -2.24. The summed E-state index contributed by atoms with van der Waals surface area (Å²) in [7, 11) is 0. The van der Waals surface area contributed by atoms with Gasteiger partial charge in [0.25, 0.3) is 11.6 Å². The molecule has 0 aromatic heterocycles. The second-order valence-corrected chi connectivity index (χ2v) is 9.53. The van der Waals surface area contributed by atoms with Crippen molar-refractivity contribution in [3.8, 4) is 0 Å². The first-order valence-corrected chi connectivity index (χ1v) is 12.6. The molecule has 0 saturated carbocycles. The van der Waals surface area contributed by atoms with Crippen molar-refractivity contribution < 1.29 is 9.72 Å². The van der Waals surface area contributed by atoms with Crippen molar-refractivity contribution >= 4 is 40.8 Å². The number of hydrazone groups is 2. The minimum atomic E-state index is -0.656. The molecule has 0 fully saturated rings. The van der Waals surface area contributed by atoms with Gasteiger partial charge in [-0.05, 0) is 53.9 Å². The lowest BCUT2D eigenvalue weighted by Crippen LogP contribution is -2.19. The van der Waals surface area contributed by atoms with E-state index in [9.17, 15) is 14.9 Å². The van der Waals surface area contributed by atoms with Crippen LogP contribution in [-0.2, 0) is 0 Å². The largest absolute Gasteiger partial charge is 0.282 e. The molecule has 4 aromatic carbocycles. The molecular weight excluding hydrogens is 514 g/mol. The molecule has 1 heterocycles. The number of halogens is 1.